The number of rotatable bonds is 4. The molecule has 2 aromatic carbocycles. The molecule has 1 aliphatic heterocycles. The Balaban J connectivity index is 1.48. The van der Waals surface area contributed by atoms with Gasteiger partial charge in [-0.25, -0.2) is 4.79 Å². The molecule has 0 spiro atoms. The first-order valence-electron chi connectivity index (χ1n) is 9.12. The van der Waals surface area contributed by atoms with Gasteiger partial charge < -0.3 is 15.2 Å². The smallest absolute Gasteiger partial charge is 0.408 e. The molecule has 1 atom stereocenters. The van der Waals surface area contributed by atoms with Crippen molar-refractivity contribution in [1.82, 2.24) is 10.6 Å². The number of benzene rings is 2. The van der Waals surface area contributed by atoms with Crippen LogP contribution in [0.2, 0.25) is 0 Å². The molecule has 0 bridgehead atoms. The third-order valence-electron chi connectivity index (χ3n) is 5.42. The fourth-order valence-corrected chi connectivity index (χ4v) is 3.89. The molecule has 2 aromatic rings. The van der Waals surface area contributed by atoms with E-state index in [4.69, 9.17) is 4.74 Å². The van der Waals surface area contributed by atoms with Gasteiger partial charge in [0.2, 0.25) is 5.91 Å². The van der Waals surface area contributed by atoms with Crippen LogP contribution < -0.4 is 10.6 Å². The fraction of sp³-hybridized carbons (Fsp3) is 0.286. The zero-order chi connectivity index (χ0) is 19.7. The van der Waals surface area contributed by atoms with Gasteiger partial charge in [-0.2, -0.15) is 0 Å². The minimum Gasteiger partial charge on any atom is -0.449 e. The van der Waals surface area contributed by atoms with Gasteiger partial charge in [0.1, 0.15) is 12.1 Å². The molecule has 144 valence electrons. The topological polar surface area (TPSA) is 105 Å². The van der Waals surface area contributed by atoms with E-state index in [9.17, 15) is 19.5 Å². The molecular formula is C21H20N2O5. The first-order chi connectivity index (χ1) is 13.5. The van der Waals surface area contributed by atoms with E-state index < -0.39 is 30.1 Å². The summed E-state index contributed by atoms with van der Waals surface area (Å²) in [5, 5.41) is 14.2. The minimum absolute atomic E-state index is 0.0262. The molecule has 1 unspecified atom stereocenters. The molecule has 4 rings (SSSR count). The highest BCUT2D eigenvalue weighted by molar-refractivity contribution is 6.04. The molecule has 28 heavy (non-hydrogen) atoms. The highest BCUT2D eigenvalue weighted by Crippen LogP contribution is 2.44. The molecule has 0 aromatic heterocycles. The van der Waals surface area contributed by atoms with Gasteiger partial charge in [-0.05, 0) is 28.7 Å². The molecule has 0 radical (unpaired) electrons. The van der Waals surface area contributed by atoms with E-state index in [1.165, 1.54) is 0 Å². The maximum Gasteiger partial charge on any atom is 0.408 e. The summed E-state index contributed by atoms with van der Waals surface area (Å²) in [7, 11) is 0. The van der Waals surface area contributed by atoms with Gasteiger partial charge in [-0.15, -0.1) is 0 Å². The number of aliphatic hydroxyl groups excluding tert-OH is 1. The van der Waals surface area contributed by atoms with E-state index in [1.54, 1.807) is 0 Å². The van der Waals surface area contributed by atoms with Crippen LogP contribution in [0, 0.1) is 0 Å². The molecule has 1 fully saturated rings. The van der Waals surface area contributed by atoms with E-state index in [0.29, 0.717) is 0 Å². The van der Waals surface area contributed by atoms with E-state index in [2.05, 4.69) is 10.6 Å². The van der Waals surface area contributed by atoms with Gasteiger partial charge in [0, 0.05) is 12.3 Å². The zero-order valence-electron chi connectivity index (χ0n) is 15.1. The predicted octanol–water partition coefficient (Wildman–Crippen LogP) is 1.69. The second-order valence-corrected chi connectivity index (χ2v) is 7.07. The number of aliphatic hydroxyl groups is 1. The Hall–Kier alpha value is -3.19. The number of piperidine rings is 1. The molecule has 3 amide bonds. The second-order valence-electron chi connectivity index (χ2n) is 7.07. The van der Waals surface area contributed by atoms with Crippen LogP contribution >= 0.6 is 0 Å². The summed E-state index contributed by atoms with van der Waals surface area (Å²) in [6, 6.07) is 15.9. The quantitative estimate of drug-likeness (QED) is 0.700. The Bertz CT molecular complexity index is 912. The van der Waals surface area contributed by atoms with E-state index in [-0.39, 0.29) is 25.4 Å². The SMILES string of the molecule is O=C1CCC(CO)(NC(=O)OCC2c3ccccc3-c3ccccc32)C(=O)N1. The van der Waals surface area contributed by atoms with Crippen molar-refractivity contribution in [3.8, 4) is 11.1 Å². The van der Waals surface area contributed by atoms with Crippen LogP contribution in [-0.4, -0.2) is 41.8 Å². The Morgan fingerprint density at radius 1 is 1.11 bits per heavy atom. The predicted molar refractivity (Wildman–Crippen MR) is 100 cm³/mol. The Morgan fingerprint density at radius 3 is 2.29 bits per heavy atom. The summed E-state index contributed by atoms with van der Waals surface area (Å²) in [6.07, 6.45) is -0.741. The molecule has 0 saturated carbocycles. The van der Waals surface area contributed by atoms with Crippen molar-refractivity contribution in [2.24, 2.45) is 0 Å². The molecule has 2 aliphatic rings. The molecule has 3 N–H and O–H groups in total. The third-order valence-corrected chi connectivity index (χ3v) is 5.42. The lowest BCUT2D eigenvalue weighted by atomic mass is 9.90. The van der Waals surface area contributed by atoms with Crippen molar-refractivity contribution in [3.05, 3.63) is 59.7 Å². The lowest BCUT2D eigenvalue weighted by Crippen LogP contribution is -2.65. The summed E-state index contributed by atoms with van der Waals surface area (Å²) >= 11 is 0. The van der Waals surface area contributed by atoms with E-state index in [0.717, 1.165) is 22.3 Å². The summed E-state index contributed by atoms with van der Waals surface area (Å²) in [5.74, 6) is -1.26. The highest BCUT2D eigenvalue weighted by atomic mass is 16.5. The van der Waals surface area contributed by atoms with Crippen molar-refractivity contribution in [3.63, 3.8) is 0 Å². The third kappa shape index (κ3) is 3.03. The number of imide groups is 1. The maximum absolute atomic E-state index is 12.4. The molecule has 1 saturated heterocycles. The Kier molecular flexibility index (Phi) is 4.60. The van der Waals surface area contributed by atoms with E-state index >= 15 is 0 Å². The van der Waals surface area contributed by atoms with Crippen molar-refractivity contribution >= 4 is 17.9 Å². The number of hydrogen-bond acceptors (Lipinski definition) is 5. The number of carbonyl (C=O) groups is 3. The summed E-state index contributed by atoms with van der Waals surface area (Å²) in [5.41, 5.74) is 2.84. The number of hydrogen-bond donors (Lipinski definition) is 3. The largest absolute Gasteiger partial charge is 0.449 e. The van der Waals surface area contributed by atoms with Gasteiger partial charge in [0.05, 0.1) is 6.61 Å². The molecule has 1 aliphatic carbocycles. The first-order valence-corrected chi connectivity index (χ1v) is 9.12. The molecule has 7 nitrogen and oxygen atoms in total. The van der Waals surface area contributed by atoms with Crippen molar-refractivity contribution < 1.29 is 24.2 Å². The van der Waals surface area contributed by atoms with Gasteiger partial charge in [0.15, 0.2) is 0 Å². The zero-order valence-corrected chi connectivity index (χ0v) is 15.1. The average Bonchev–Trinajstić information content (AvgIpc) is 3.03. The van der Waals surface area contributed by atoms with Crippen LogP contribution in [0.3, 0.4) is 0 Å². The van der Waals surface area contributed by atoms with Crippen LogP contribution in [0.5, 0.6) is 0 Å². The number of ether oxygens (including phenoxy) is 1. The average molecular weight is 380 g/mol. The van der Waals surface area contributed by atoms with Crippen molar-refractivity contribution in [2.75, 3.05) is 13.2 Å². The molecule has 1 heterocycles. The van der Waals surface area contributed by atoms with Gasteiger partial charge >= 0.3 is 6.09 Å². The minimum atomic E-state index is -1.55. The number of alkyl carbamates (subject to hydrolysis) is 1. The number of amides is 3. The maximum atomic E-state index is 12.4. The monoisotopic (exact) mass is 380 g/mol. The summed E-state index contributed by atoms with van der Waals surface area (Å²) in [4.78, 5) is 35.8. The first kappa shape index (κ1) is 18.2. The fourth-order valence-electron chi connectivity index (χ4n) is 3.89. The molecular weight excluding hydrogens is 360 g/mol. The number of fused-ring (bicyclic) bond motifs is 3. The second kappa shape index (κ2) is 7.09. The molecule has 7 heteroatoms. The summed E-state index contributed by atoms with van der Waals surface area (Å²) < 4.78 is 5.42. The Morgan fingerprint density at radius 2 is 1.71 bits per heavy atom. The number of nitrogens with one attached hydrogen (secondary N) is 2. The van der Waals surface area contributed by atoms with Crippen LogP contribution in [0.25, 0.3) is 11.1 Å². The van der Waals surface area contributed by atoms with Gasteiger partial charge in [0.25, 0.3) is 5.91 Å². The standard InChI is InChI=1S/C21H20N2O5/c24-12-21(10-9-18(25)22-19(21)26)23-20(27)28-11-17-15-7-3-1-5-13(15)14-6-2-4-8-16(14)17/h1-8,17,24H,9-12H2,(H,23,27)(H,22,25,26). The van der Waals surface area contributed by atoms with Gasteiger partial charge in [-0.3, -0.25) is 14.9 Å². The van der Waals surface area contributed by atoms with E-state index in [1.807, 2.05) is 48.5 Å². The van der Waals surface area contributed by atoms with Crippen LogP contribution in [-0.2, 0) is 14.3 Å². The van der Waals surface area contributed by atoms with Crippen LogP contribution in [0.1, 0.15) is 29.9 Å². The normalized spacial score (nSPS) is 20.9. The van der Waals surface area contributed by atoms with Crippen molar-refractivity contribution in [1.29, 1.82) is 0 Å². The summed E-state index contributed by atoms with van der Waals surface area (Å²) in [6.45, 7) is -0.516. The van der Waals surface area contributed by atoms with Crippen LogP contribution in [0.15, 0.2) is 48.5 Å². The van der Waals surface area contributed by atoms with Crippen LogP contribution in [0.4, 0.5) is 4.79 Å². The number of carbonyl (C=O) groups excluding carboxylic acids is 3. The van der Waals surface area contributed by atoms with Gasteiger partial charge in [-0.1, -0.05) is 48.5 Å². The lowest BCUT2D eigenvalue weighted by molar-refractivity contribution is -0.140. The van der Waals surface area contributed by atoms with Crippen molar-refractivity contribution in [2.45, 2.75) is 24.3 Å². The highest BCUT2D eigenvalue weighted by Gasteiger charge is 2.44. The lowest BCUT2D eigenvalue weighted by Gasteiger charge is -2.33. The Labute approximate surface area is 161 Å².